The molecule has 15 heteroatoms. The maximum Gasteiger partial charge on any atom is 0.324 e. The molecule has 159 valence electrons. The molecule has 2 unspecified atom stereocenters. The van der Waals surface area contributed by atoms with Crippen LogP contribution in [0, 0.1) is 0 Å². The highest BCUT2D eigenvalue weighted by Gasteiger charge is 2.27. The Morgan fingerprint density at radius 3 is 2.46 bits per heavy atom. The molecular formula is C13H22N5O7S3. The quantitative estimate of drug-likeness (QED) is 0.0338. The number of aliphatic carboxylic acids is 2. The third kappa shape index (κ3) is 11.9. The van der Waals surface area contributed by atoms with E-state index in [2.05, 4.69) is 28.8 Å². The molecule has 0 aromatic heterocycles. The van der Waals surface area contributed by atoms with Crippen LogP contribution in [0.25, 0.3) is 0 Å². The molecule has 0 saturated carbocycles. The van der Waals surface area contributed by atoms with Crippen molar-refractivity contribution in [2.24, 2.45) is 5.73 Å². The number of rotatable bonds is 16. The van der Waals surface area contributed by atoms with E-state index in [0.29, 0.717) is 12.3 Å². The van der Waals surface area contributed by atoms with E-state index in [1.54, 1.807) is 0 Å². The van der Waals surface area contributed by atoms with Crippen LogP contribution in [0.5, 0.6) is 0 Å². The first-order chi connectivity index (χ1) is 13.2. The van der Waals surface area contributed by atoms with Gasteiger partial charge in [-0.15, -0.1) is 0 Å². The largest absolute Gasteiger partial charge is 0.480 e. The van der Waals surface area contributed by atoms with Crippen LogP contribution in [0.1, 0.15) is 12.8 Å². The highest BCUT2D eigenvalue weighted by atomic mass is 33.1. The van der Waals surface area contributed by atoms with Crippen LogP contribution in [0.2, 0.25) is 0 Å². The standard InChI is InChI=1S/C13H22N5O7S3/c14-8(13(24)25)1-2-10(20)17-9(6-26)12(23)18(5-11(21)22)28-27-4-3-15-16-7-19/h8-9,15,26H,1-6,14H2,(H,16,19)(H,17,20)(H,21,22)(H,24,25). The first-order valence-corrected chi connectivity index (χ1v) is 10.7. The zero-order chi connectivity index (χ0) is 21.5. The van der Waals surface area contributed by atoms with Gasteiger partial charge in [-0.2, -0.15) is 12.6 Å². The number of nitrogens with two attached hydrogens (primary N) is 1. The van der Waals surface area contributed by atoms with Gasteiger partial charge in [0.2, 0.25) is 5.91 Å². The van der Waals surface area contributed by atoms with Crippen molar-refractivity contribution in [1.82, 2.24) is 20.5 Å². The lowest BCUT2D eigenvalue weighted by Gasteiger charge is -2.24. The van der Waals surface area contributed by atoms with Crippen LogP contribution >= 0.6 is 34.4 Å². The molecule has 12 nitrogen and oxygen atoms in total. The number of thiol groups is 1. The van der Waals surface area contributed by atoms with Crippen molar-refractivity contribution >= 4 is 64.6 Å². The number of hydrogen-bond donors (Lipinski definition) is 7. The molecule has 0 aromatic carbocycles. The van der Waals surface area contributed by atoms with Gasteiger partial charge >= 0.3 is 18.3 Å². The van der Waals surface area contributed by atoms with Gasteiger partial charge in [-0.3, -0.25) is 33.7 Å². The van der Waals surface area contributed by atoms with Gasteiger partial charge in [-0.25, -0.2) is 5.43 Å². The molecular weight excluding hydrogens is 434 g/mol. The minimum absolute atomic E-state index is 0.0858. The highest BCUT2D eigenvalue weighted by molar-refractivity contribution is 8.75. The van der Waals surface area contributed by atoms with E-state index >= 15 is 0 Å². The number of amides is 3. The smallest absolute Gasteiger partial charge is 0.324 e. The first kappa shape index (κ1) is 26.3. The zero-order valence-electron chi connectivity index (χ0n) is 14.6. The molecule has 0 spiro atoms. The third-order valence-electron chi connectivity index (χ3n) is 2.93. The van der Waals surface area contributed by atoms with Crippen LogP contribution in [-0.2, 0) is 24.0 Å². The Bertz CT molecular complexity index is 555. The van der Waals surface area contributed by atoms with Gasteiger partial charge in [0.15, 0.2) is 0 Å². The van der Waals surface area contributed by atoms with Gasteiger partial charge in [0.05, 0.1) is 0 Å². The van der Waals surface area contributed by atoms with Crippen molar-refractivity contribution in [1.29, 1.82) is 0 Å². The summed E-state index contributed by atoms with van der Waals surface area (Å²) in [6, 6.07) is -2.29. The molecule has 0 heterocycles. The Labute approximate surface area is 174 Å². The summed E-state index contributed by atoms with van der Waals surface area (Å²) in [4.78, 5) is 56.1. The van der Waals surface area contributed by atoms with Gasteiger partial charge < -0.3 is 21.3 Å². The average molecular weight is 457 g/mol. The summed E-state index contributed by atoms with van der Waals surface area (Å²) in [5.74, 6) is -3.42. The van der Waals surface area contributed by atoms with E-state index in [-0.39, 0.29) is 18.6 Å². The fourth-order valence-electron chi connectivity index (χ4n) is 1.59. The molecule has 0 bridgehead atoms. The van der Waals surface area contributed by atoms with Gasteiger partial charge in [0.1, 0.15) is 18.6 Å². The van der Waals surface area contributed by atoms with Gasteiger partial charge in [-0.05, 0) is 6.42 Å². The summed E-state index contributed by atoms with van der Waals surface area (Å²) in [6.45, 7) is -0.257. The third-order valence-corrected chi connectivity index (χ3v) is 5.62. The zero-order valence-corrected chi connectivity index (χ0v) is 17.1. The number of nitrogens with one attached hydrogen (secondary N) is 3. The summed E-state index contributed by atoms with van der Waals surface area (Å²) in [5, 5.41) is 20.1. The van der Waals surface area contributed by atoms with E-state index < -0.39 is 42.4 Å². The van der Waals surface area contributed by atoms with Gasteiger partial charge in [0.25, 0.3) is 5.91 Å². The minimum Gasteiger partial charge on any atom is -0.480 e. The van der Waals surface area contributed by atoms with E-state index in [9.17, 15) is 24.0 Å². The van der Waals surface area contributed by atoms with Gasteiger partial charge in [0, 0.05) is 35.5 Å². The Morgan fingerprint density at radius 2 is 1.93 bits per heavy atom. The number of carbonyl (C=O) groups excluding carboxylic acids is 3. The molecule has 2 atom stereocenters. The number of hydrogen-bond acceptors (Lipinski definition) is 10. The topological polar surface area (TPSA) is 191 Å². The van der Waals surface area contributed by atoms with Crippen LogP contribution in [0.4, 0.5) is 0 Å². The molecule has 0 fully saturated rings. The Kier molecular flexibility index (Phi) is 14.4. The second-order valence-corrected chi connectivity index (χ2v) is 7.86. The maximum atomic E-state index is 12.5. The van der Waals surface area contributed by atoms with E-state index in [1.807, 2.05) is 0 Å². The Balaban J connectivity index is 4.67. The maximum absolute atomic E-state index is 12.5. The predicted molar refractivity (Wildman–Crippen MR) is 107 cm³/mol. The lowest BCUT2D eigenvalue weighted by Crippen LogP contribution is -2.48. The van der Waals surface area contributed by atoms with Crippen molar-refractivity contribution in [3.05, 3.63) is 0 Å². The molecule has 0 aliphatic rings. The molecule has 7 N–H and O–H groups in total. The fraction of sp³-hybridized carbons (Fsp3) is 0.615. The van der Waals surface area contributed by atoms with Crippen molar-refractivity contribution in [2.45, 2.75) is 24.9 Å². The number of carboxylic acids is 2. The molecule has 1 radical (unpaired) electrons. The summed E-state index contributed by atoms with van der Waals surface area (Å²) < 4.78 is 0.969. The molecule has 0 rings (SSSR count). The lowest BCUT2D eigenvalue weighted by atomic mass is 10.1. The monoisotopic (exact) mass is 456 g/mol. The van der Waals surface area contributed by atoms with E-state index in [4.69, 9.17) is 15.9 Å². The van der Waals surface area contributed by atoms with Crippen molar-refractivity contribution in [3.63, 3.8) is 0 Å². The molecule has 0 aliphatic heterocycles. The predicted octanol–water partition coefficient (Wildman–Crippen LogP) is -2.04. The molecule has 0 saturated heterocycles. The van der Waals surface area contributed by atoms with Crippen LogP contribution in [0.3, 0.4) is 0 Å². The first-order valence-electron chi connectivity index (χ1n) is 7.79. The summed E-state index contributed by atoms with van der Waals surface area (Å²) in [6.07, 6.45) is 1.09. The lowest BCUT2D eigenvalue weighted by molar-refractivity contribution is -0.141. The normalized spacial score (nSPS) is 12.5. The summed E-state index contributed by atoms with van der Waals surface area (Å²) >= 11 is 4.00. The van der Waals surface area contributed by atoms with Crippen LogP contribution in [-0.4, -0.2) is 81.4 Å². The molecule has 3 amide bonds. The Hall–Kier alpha value is -1.68. The SMILES string of the molecule is NC(CCC(=O)NC(CS)C(=O)N(CC(=O)O)SSCCNN[C]=O)C(=O)O. The van der Waals surface area contributed by atoms with Crippen molar-refractivity contribution < 1.29 is 34.2 Å². The molecule has 28 heavy (non-hydrogen) atoms. The van der Waals surface area contributed by atoms with Crippen molar-refractivity contribution in [3.8, 4) is 0 Å². The number of nitrogens with zero attached hydrogens (tertiary/aromatic N) is 1. The second kappa shape index (κ2) is 15.3. The summed E-state index contributed by atoms with van der Waals surface area (Å²) in [5.41, 5.74) is 9.95. The van der Waals surface area contributed by atoms with Gasteiger partial charge in [-0.1, -0.05) is 10.8 Å². The average Bonchev–Trinajstić information content (AvgIpc) is 2.64. The Morgan fingerprint density at radius 1 is 1.25 bits per heavy atom. The van der Waals surface area contributed by atoms with Crippen LogP contribution < -0.4 is 21.9 Å². The van der Waals surface area contributed by atoms with Crippen LogP contribution in [0.15, 0.2) is 0 Å². The van der Waals surface area contributed by atoms with Crippen molar-refractivity contribution in [2.75, 3.05) is 24.6 Å². The number of carboxylic acid groups (broad SMARTS) is 2. The highest BCUT2D eigenvalue weighted by Crippen LogP contribution is 2.26. The summed E-state index contributed by atoms with van der Waals surface area (Å²) in [7, 11) is 2.03. The molecule has 0 aliphatic carbocycles. The number of hydrazine groups is 1. The number of carbonyl (C=O) groups is 4. The molecule has 0 aromatic rings. The van der Waals surface area contributed by atoms with E-state index in [1.165, 1.54) is 6.41 Å². The fourth-order valence-corrected chi connectivity index (χ4v) is 3.82. The van der Waals surface area contributed by atoms with E-state index in [0.717, 1.165) is 26.1 Å². The second-order valence-electron chi connectivity index (χ2n) is 5.11. The minimum atomic E-state index is -1.24.